The molecule has 0 saturated carbocycles. The third-order valence-electron chi connectivity index (χ3n) is 9.93. The molecule has 0 aliphatic heterocycles. The van der Waals surface area contributed by atoms with E-state index in [1.165, 1.54) is 34.8 Å². The molecule has 0 atom stereocenters. The molecule has 0 N–H and O–H groups in total. The molecule has 1 aliphatic rings. The summed E-state index contributed by atoms with van der Waals surface area (Å²) >= 11 is 2.70. The topological polar surface area (TPSA) is 77.3 Å². The predicted molar refractivity (Wildman–Crippen MR) is 209 cm³/mol. The van der Waals surface area contributed by atoms with E-state index < -0.39 is 23.5 Å². The fourth-order valence-electron chi connectivity index (χ4n) is 7.03. The molecular weight excluding hydrogens is 779 g/mol. The third-order valence-corrected chi connectivity index (χ3v) is 11.9. The SMILES string of the molecule is CC1(C)c2cc(-c3nnc(-c4cccc(-c5cccc(C(F)(F)F)c5)n4)s3)ccc2-c2ccc(-c3nnc(-c4cccc(-c5cccc(C(F)(F)F)c5)n4)s3)cc21. The molecule has 0 fully saturated rings. The smallest absolute Gasteiger partial charge is 0.245 e. The molecule has 0 amide bonds. The standard InChI is InChI=1S/C43H26F6N6S2/c1-41(2)31-21-25(37-52-54-39(56-37)35-13-5-11-33(50-35)23-7-3-9-27(19-23)42(44,45)46)15-17-29(31)30-18-16-26(22-32(30)41)38-53-55-40(57-38)36-14-6-12-34(51-36)24-8-4-10-28(20-24)43(47,48)49/h3-22H,1-2H3. The van der Waals surface area contributed by atoms with Crippen LogP contribution >= 0.6 is 22.7 Å². The van der Waals surface area contributed by atoms with E-state index in [-0.39, 0.29) is 5.41 Å². The molecule has 0 radical (unpaired) electrons. The van der Waals surface area contributed by atoms with Crippen LogP contribution in [0.5, 0.6) is 0 Å². The molecule has 4 aromatic carbocycles. The summed E-state index contributed by atoms with van der Waals surface area (Å²) < 4.78 is 80.2. The molecule has 0 saturated heterocycles. The van der Waals surface area contributed by atoms with E-state index in [0.717, 1.165) is 57.6 Å². The molecule has 14 heteroatoms. The molecule has 4 heterocycles. The summed E-state index contributed by atoms with van der Waals surface area (Å²) in [6.07, 6.45) is -8.93. The first-order chi connectivity index (χ1) is 27.2. The van der Waals surface area contributed by atoms with Gasteiger partial charge in [0.15, 0.2) is 10.0 Å². The lowest BCUT2D eigenvalue weighted by Gasteiger charge is -2.22. The van der Waals surface area contributed by atoms with Gasteiger partial charge in [0.25, 0.3) is 0 Å². The van der Waals surface area contributed by atoms with E-state index in [2.05, 4.69) is 68.5 Å². The number of nitrogens with zero attached hydrogens (tertiary/aromatic N) is 6. The minimum absolute atomic E-state index is 0.353. The predicted octanol–water partition coefficient (Wildman–Crippen LogP) is 12.5. The number of aromatic nitrogens is 6. The first kappa shape index (κ1) is 36.5. The molecule has 8 aromatic rings. The molecular formula is C43H26F6N6S2. The maximum Gasteiger partial charge on any atom is 0.416 e. The minimum atomic E-state index is -4.46. The van der Waals surface area contributed by atoms with Gasteiger partial charge in [-0.05, 0) is 82.9 Å². The lowest BCUT2D eigenvalue weighted by atomic mass is 9.81. The van der Waals surface area contributed by atoms with Crippen molar-refractivity contribution in [1.82, 2.24) is 30.4 Å². The van der Waals surface area contributed by atoms with Gasteiger partial charge in [0.1, 0.15) is 21.4 Å². The molecule has 1 aliphatic carbocycles. The van der Waals surface area contributed by atoms with Gasteiger partial charge >= 0.3 is 12.4 Å². The van der Waals surface area contributed by atoms with Gasteiger partial charge in [-0.15, -0.1) is 20.4 Å². The van der Waals surface area contributed by atoms with Gasteiger partial charge in [0.2, 0.25) is 0 Å². The van der Waals surface area contributed by atoms with Crippen LogP contribution in [0.25, 0.3) is 76.2 Å². The average Bonchev–Trinajstić information content (AvgIpc) is 3.96. The Morgan fingerprint density at radius 2 is 0.807 bits per heavy atom. The quantitative estimate of drug-likeness (QED) is 0.156. The highest BCUT2D eigenvalue weighted by Crippen LogP contribution is 2.51. The summed E-state index contributed by atoms with van der Waals surface area (Å²) in [5, 5.41) is 20.2. The zero-order valence-electron chi connectivity index (χ0n) is 29.8. The Kier molecular flexibility index (Phi) is 8.66. The van der Waals surface area contributed by atoms with Gasteiger partial charge in [-0.1, -0.05) is 97.2 Å². The van der Waals surface area contributed by atoms with E-state index in [9.17, 15) is 26.3 Å². The van der Waals surface area contributed by atoms with Crippen LogP contribution in [0.1, 0.15) is 36.1 Å². The lowest BCUT2D eigenvalue weighted by molar-refractivity contribution is -0.138. The number of hydrogen-bond acceptors (Lipinski definition) is 8. The Balaban J connectivity index is 0.970. The van der Waals surface area contributed by atoms with Gasteiger partial charge in [-0.2, -0.15) is 26.3 Å². The van der Waals surface area contributed by atoms with Crippen LogP contribution in [0.4, 0.5) is 26.3 Å². The fraction of sp³-hybridized carbons (Fsp3) is 0.116. The van der Waals surface area contributed by atoms with E-state index >= 15 is 0 Å². The number of hydrogen-bond donors (Lipinski definition) is 0. The number of benzene rings is 4. The Morgan fingerprint density at radius 1 is 0.421 bits per heavy atom. The van der Waals surface area contributed by atoms with Crippen molar-refractivity contribution in [1.29, 1.82) is 0 Å². The summed E-state index contributed by atoms with van der Waals surface area (Å²) in [5.41, 5.74) is 6.82. The summed E-state index contributed by atoms with van der Waals surface area (Å²) in [6.45, 7) is 4.32. The largest absolute Gasteiger partial charge is 0.416 e. The highest BCUT2D eigenvalue weighted by Gasteiger charge is 2.37. The second-order valence-corrected chi connectivity index (χ2v) is 15.9. The molecule has 0 bridgehead atoms. The lowest BCUT2D eigenvalue weighted by Crippen LogP contribution is -2.15. The molecule has 4 aromatic heterocycles. The van der Waals surface area contributed by atoms with Crippen molar-refractivity contribution in [2.24, 2.45) is 0 Å². The Bertz CT molecular complexity index is 2650. The maximum atomic E-state index is 13.4. The van der Waals surface area contributed by atoms with Crippen LogP contribution in [0, 0.1) is 0 Å². The molecule has 282 valence electrons. The van der Waals surface area contributed by atoms with E-state index in [4.69, 9.17) is 0 Å². The zero-order chi connectivity index (χ0) is 39.7. The first-order valence-electron chi connectivity index (χ1n) is 17.5. The maximum absolute atomic E-state index is 13.4. The van der Waals surface area contributed by atoms with Crippen molar-refractivity contribution < 1.29 is 26.3 Å². The first-order valence-corrected chi connectivity index (χ1v) is 19.1. The van der Waals surface area contributed by atoms with Crippen molar-refractivity contribution in [3.63, 3.8) is 0 Å². The van der Waals surface area contributed by atoms with Crippen LogP contribution in [0.2, 0.25) is 0 Å². The summed E-state index contributed by atoms with van der Waals surface area (Å²) in [6, 6.07) is 32.9. The van der Waals surface area contributed by atoms with Crippen molar-refractivity contribution in [3.8, 4) is 76.2 Å². The van der Waals surface area contributed by atoms with E-state index in [1.54, 1.807) is 48.5 Å². The second kappa shape index (κ2) is 13.5. The number of fused-ring (bicyclic) bond motifs is 3. The van der Waals surface area contributed by atoms with Gasteiger partial charge < -0.3 is 0 Å². The number of rotatable bonds is 6. The third kappa shape index (κ3) is 6.78. The van der Waals surface area contributed by atoms with Crippen LogP contribution in [-0.2, 0) is 17.8 Å². The van der Waals surface area contributed by atoms with Crippen LogP contribution in [0.15, 0.2) is 121 Å². The second-order valence-electron chi connectivity index (χ2n) is 13.9. The molecule has 6 nitrogen and oxygen atoms in total. The van der Waals surface area contributed by atoms with Crippen molar-refractivity contribution in [3.05, 3.63) is 144 Å². The average molecular weight is 805 g/mol. The summed E-state index contributed by atoms with van der Waals surface area (Å²) in [7, 11) is 0. The van der Waals surface area contributed by atoms with Crippen LogP contribution < -0.4 is 0 Å². The number of pyridine rings is 2. The Morgan fingerprint density at radius 3 is 1.23 bits per heavy atom. The minimum Gasteiger partial charge on any atom is -0.245 e. The molecule has 0 spiro atoms. The number of alkyl halides is 6. The van der Waals surface area contributed by atoms with E-state index in [0.29, 0.717) is 53.9 Å². The highest BCUT2D eigenvalue weighted by atomic mass is 32.1. The van der Waals surface area contributed by atoms with Crippen molar-refractivity contribution in [2.75, 3.05) is 0 Å². The Hall–Kier alpha value is -6.12. The monoisotopic (exact) mass is 804 g/mol. The van der Waals surface area contributed by atoms with Crippen molar-refractivity contribution in [2.45, 2.75) is 31.6 Å². The van der Waals surface area contributed by atoms with Crippen molar-refractivity contribution >= 4 is 22.7 Å². The van der Waals surface area contributed by atoms with Crippen LogP contribution in [-0.4, -0.2) is 30.4 Å². The normalized spacial score (nSPS) is 13.4. The molecule has 9 rings (SSSR count). The van der Waals surface area contributed by atoms with Gasteiger partial charge in [-0.3, -0.25) is 0 Å². The van der Waals surface area contributed by atoms with Gasteiger partial charge in [0.05, 0.1) is 22.5 Å². The van der Waals surface area contributed by atoms with Gasteiger partial charge in [0, 0.05) is 27.7 Å². The number of halogens is 6. The Labute approximate surface area is 329 Å². The summed E-state index contributed by atoms with van der Waals surface area (Å²) in [4.78, 5) is 9.25. The highest BCUT2D eigenvalue weighted by molar-refractivity contribution is 7.18. The zero-order valence-corrected chi connectivity index (χ0v) is 31.4. The molecule has 57 heavy (non-hydrogen) atoms. The van der Waals surface area contributed by atoms with Crippen LogP contribution in [0.3, 0.4) is 0 Å². The van der Waals surface area contributed by atoms with Gasteiger partial charge in [-0.25, -0.2) is 9.97 Å². The summed E-state index contributed by atoms with van der Waals surface area (Å²) in [5.74, 6) is 0. The fourth-order valence-corrected chi connectivity index (χ4v) is 8.65. The molecule has 0 unspecified atom stereocenters. The van der Waals surface area contributed by atoms with E-state index in [1.807, 2.05) is 12.1 Å².